The van der Waals surface area contributed by atoms with Gasteiger partial charge in [0.2, 0.25) is 5.91 Å². The number of ether oxygens (including phenoxy) is 1. The van der Waals surface area contributed by atoms with Gasteiger partial charge < -0.3 is 15.0 Å². The Bertz CT molecular complexity index is 670. The largest absolute Gasteiger partial charge is 0.450 e. The average molecular weight is 347 g/mol. The van der Waals surface area contributed by atoms with Crippen molar-refractivity contribution < 1.29 is 24.0 Å². The minimum absolute atomic E-state index is 0.0398. The second kappa shape index (κ2) is 7.52. The molecule has 0 atom stereocenters. The molecule has 2 aliphatic heterocycles. The molecule has 8 nitrogen and oxygen atoms in total. The van der Waals surface area contributed by atoms with Crippen LogP contribution >= 0.6 is 0 Å². The lowest BCUT2D eigenvalue weighted by molar-refractivity contribution is -0.895. The molecule has 2 aliphatic rings. The van der Waals surface area contributed by atoms with E-state index in [9.17, 15) is 14.4 Å². The summed E-state index contributed by atoms with van der Waals surface area (Å²) in [7, 11) is 0. The fourth-order valence-corrected chi connectivity index (χ4v) is 3.16. The third-order valence-corrected chi connectivity index (χ3v) is 4.47. The van der Waals surface area contributed by atoms with Gasteiger partial charge in [0.1, 0.15) is 6.54 Å². The van der Waals surface area contributed by atoms with Crippen LogP contribution in [-0.4, -0.2) is 68.7 Å². The average Bonchev–Trinajstić information content (AvgIpc) is 2.61. The topological polar surface area (TPSA) is 83.4 Å². The molecular formula is C17H23N4O4+. The zero-order valence-electron chi connectivity index (χ0n) is 14.3. The molecule has 0 saturated carbocycles. The molecule has 0 spiro atoms. The zero-order chi connectivity index (χ0) is 17.8. The Kier molecular flexibility index (Phi) is 5.18. The Morgan fingerprint density at radius 2 is 1.96 bits per heavy atom. The van der Waals surface area contributed by atoms with Crippen LogP contribution in [0.2, 0.25) is 0 Å². The Morgan fingerprint density at radius 1 is 1.24 bits per heavy atom. The van der Waals surface area contributed by atoms with Crippen molar-refractivity contribution in [2.75, 3.05) is 56.1 Å². The van der Waals surface area contributed by atoms with Crippen LogP contribution in [0.25, 0.3) is 0 Å². The minimum Gasteiger partial charge on any atom is -0.450 e. The molecule has 1 saturated heterocycles. The van der Waals surface area contributed by atoms with Gasteiger partial charge in [-0.1, -0.05) is 12.1 Å². The number of quaternary nitrogens is 1. The van der Waals surface area contributed by atoms with Crippen LogP contribution in [0, 0.1) is 0 Å². The van der Waals surface area contributed by atoms with Gasteiger partial charge in [-0.05, 0) is 19.1 Å². The lowest BCUT2D eigenvalue weighted by Crippen LogP contribution is -3.16. The second-order valence-corrected chi connectivity index (χ2v) is 6.16. The molecule has 0 bridgehead atoms. The Labute approximate surface area is 146 Å². The number of anilines is 2. The van der Waals surface area contributed by atoms with Crippen LogP contribution in [0.15, 0.2) is 24.3 Å². The SMILES string of the molecule is CCOC(=O)N1CC[NH+](CC(=O)N2CC(=O)Nc3ccccc32)CC1. The van der Waals surface area contributed by atoms with Gasteiger partial charge in [0.05, 0.1) is 44.2 Å². The highest BCUT2D eigenvalue weighted by molar-refractivity contribution is 6.10. The number of hydrogen-bond donors (Lipinski definition) is 2. The number of fused-ring (bicyclic) bond motifs is 1. The standard InChI is InChI=1S/C17H22N4O4/c1-2-25-17(24)20-9-7-19(8-10-20)12-16(23)21-11-15(22)18-13-5-3-4-6-14(13)21/h3-6H,2,7-12H2,1H3,(H,18,22)/p+1. The molecule has 0 aromatic heterocycles. The first-order valence-electron chi connectivity index (χ1n) is 8.53. The number of piperazine rings is 1. The first-order valence-corrected chi connectivity index (χ1v) is 8.53. The van der Waals surface area contributed by atoms with Crippen molar-refractivity contribution in [3.8, 4) is 0 Å². The second-order valence-electron chi connectivity index (χ2n) is 6.16. The van der Waals surface area contributed by atoms with Gasteiger partial charge in [-0.25, -0.2) is 4.79 Å². The number of amides is 3. The van der Waals surface area contributed by atoms with Gasteiger partial charge >= 0.3 is 6.09 Å². The molecule has 1 aromatic rings. The maximum atomic E-state index is 12.7. The molecule has 8 heteroatoms. The van der Waals surface area contributed by atoms with E-state index in [0.717, 1.165) is 10.6 Å². The number of carbonyl (C=O) groups excluding carboxylic acids is 3. The molecule has 0 unspecified atom stereocenters. The van der Waals surface area contributed by atoms with Gasteiger partial charge in [-0.15, -0.1) is 0 Å². The van der Waals surface area contributed by atoms with Gasteiger partial charge in [-0.2, -0.15) is 0 Å². The Hall–Kier alpha value is -2.61. The summed E-state index contributed by atoms with van der Waals surface area (Å²) in [5.41, 5.74) is 1.39. The normalized spacial score (nSPS) is 17.7. The highest BCUT2D eigenvalue weighted by Gasteiger charge is 2.31. The predicted molar refractivity (Wildman–Crippen MR) is 91.6 cm³/mol. The summed E-state index contributed by atoms with van der Waals surface area (Å²) in [6, 6.07) is 7.30. The van der Waals surface area contributed by atoms with E-state index in [2.05, 4.69) is 5.32 Å². The Balaban J connectivity index is 1.59. The number of nitrogens with zero attached hydrogens (tertiary/aromatic N) is 2. The van der Waals surface area contributed by atoms with E-state index in [4.69, 9.17) is 4.74 Å². The number of nitrogens with one attached hydrogen (secondary N) is 2. The van der Waals surface area contributed by atoms with E-state index in [-0.39, 0.29) is 24.5 Å². The summed E-state index contributed by atoms with van der Waals surface area (Å²) in [5.74, 6) is -0.268. The van der Waals surface area contributed by atoms with E-state index in [0.29, 0.717) is 45.0 Å². The molecule has 0 aliphatic carbocycles. The number of para-hydroxylation sites is 2. The fraction of sp³-hybridized carbons (Fsp3) is 0.471. The highest BCUT2D eigenvalue weighted by Crippen LogP contribution is 2.28. The summed E-state index contributed by atoms with van der Waals surface area (Å²) >= 11 is 0. The summed E-state index contributed by atoms with van der Waals surface area (Å²) in [6.07, 6.45) is -0.297. The van der Waals surface area contributed by atoms with Crippen LogP contribution in [0.3, 0.4) is 0 Å². The van der Waals surface area contributed by atoms with Crippen molar-refractivity contribution in [2.24, 2.45) is 0 Å². The molecule has 0 radical (unpaired) electrons. The summed E-state index contributed by atoms with van der Waals surface area (Å²) in [6.45, 7) is 5.00. The first-order chi connectivity index (χ1) is 12.1. The molecule has 1 aromatic carbocycles. The molecule has 3 amide bonds. The number of rotatable bonds is 3. The van der Waals surface area contributed by atoms with Crippen molar-refractivity contribution in [3.05, 3.63) is 24.3 Å². The maximum Gasteiger partial charge on any atom is 0.410 e. The number of benzene rings is 1. The molecule has 134 valence electrons. The van der Waals surface area contributed by atoms with Gasteiger partial charge in [0.25, 0.3) is 5.91 Å². The van der Waals surface area contributed by atoms with E-state index >= 15 is 0 Å². The highest BCUT2D eigenvalue weighted by atomic mass is 16.6. The van der Waals surface area contributed by atoms with Gasteiger partial charge in [-0.3, -0.25) is 19.4 Å². The molecule has 25 heavy (non-hydrogen) atoms. The minimum atomic E-state index is -0.297. The zero-order valence-corrected chi connectivity index (χ0v) is 14.3. The van der Waals surface area contributed by atoms with Crippen LogP contribution in [-0.2, 0) is 14.3 Å². The molecule has 3 rings (SSSR count). The van der Waals surface area contributed by atoms with Crippen molar-refractivity contribution in [1.82, 2.24) is 4.90 Å². The van der Waals surface area contributed by atoms with Crippen molar-refractivity contribution in [1.29, 1.82) is 0 Å². The van der Waals surface area contributed by atoms with Crippen LogP contribution < -0.4 is 15.1 Å². The number of carbonyl (C=O) groups is 3. The fourth-order valence-electron chi connectivity index (χ4n) is 3.16. The molecule has 2 heterocycles. The van der Waals surface area contributed by atoms with Crippen molar-refractivity contribution >= 4 is 29.3 Å². The monoisotopic (exact) mass is 347 g/mol. The Morgan fingerprint density at radius 3 is 2.68 bits per heavy atom. The lowest BCUT2D eigenvalue weighted by atomic mass is 10.2. The number of hydrogen-bond acceptors (Lipinski definition) is 4. The molecular weight excluding hydrogens is 324 g/mol. The van der Waals surface area contributed by atoms with Crippen LogP contribution in [0.5, 0.6) is 0 Å². The first kappa shape index (κ1) is 17.2. The van der Waals surface area contributed by atoms with Crippen molar-refractivity contribution in [3.63, 3.8) is 0 Å². The van der Waals surface area contributed by atoms with Crippen LogP contribution in [0.4, 0.5) is 16.2 Å². The van der Waals surface area contributed by atoms with Crippen molar-refractivity contribution in [2.45, 2.75) is 6.92 Å². The van der Waals surface area contributed by atoms with Crippen LogP contribution in [0.1, 0.15) is 6.92 Å². The third kappa shape index (κ3) is 3.90. The predicted octanol–water partition coefficient (Wildman–Crippen LogP) is -0.671. The van der Waals surface area contributed by atoms with E-state index in [1.54, 1.807) is 22.8 Å². The lowest BCUT2D eigenvalue weighted by Gasteiger charge is -2.33. The summed E-state index contributed by atoms with van der Waals surface area (Å²) < 4.78 is 5.00. The smallest absolute Gasteiger partial charge is 0.410 e. The van der Waals surface area contributed by atoms with Gasteiger partial charge in [0.15, 0.2) is 6.54 Å². The maximum absolute atomic E-state index is 12.7. The van der Waals surface area contributed by atoms with Gasteiger partial charge in [0, 0.05) is 0 Å². The summed E-state index contributed by atoms with van der Waals surface area (Å²) in [5, 5.41) is 2.78. The molecule has 1 fully saturated rings. The molecule has 2 N–H and O–H groups in total. The van der Waals surface area contributed by atoms with E-state index in [1.807, 2.05) is 18.2 Å². The van der Waals surface area contributed by atoms with E-state index in [1.165, 1.54) is 0 Å². The summed E-state index contributed by atoms with van der Waals surface area (Å²) in [4.78, 5) is 40.6. The quantitative estimate of drug-likeness (QED) is 0.760. The van der Waals surface area contributed by atoms with E-state index < -0.39 is 0 Å². The third-order valence-electron chi connectivity index (χ3n) is 4.47.